The Balaban J connectivity index is 1.17. The van der Waals surface area contributed by atoms with E-state index in [1.54, 1.807) is 0 Å². The van der Waals surface area contributed by atoms with Gasteiger partial charge in [0.15, 0.2) is 0 Å². The van der Waals surface area contributed by atoms with E-state index in [2.05, 4.69) is 60.2 Å². The number of anilines is 1. The Morgan fingerprint density at radius 2 is 1.84 bits per heavy atom. The summed E-state index contributed by atoms with van der Waals surface area (Å²) in [5.41, 5.74) is 1.32. The number of rotatable bonds is 8. The molecule has 0 bridgehead atoms. The molecule has 0 atom stereocenters. The van der Waals surface area contributed by atoms with Gasteiger partial charge in [0.25, 0.3) is 5.91 Å². The quantitative estimate of drug-likeness (QED) is 0.519. The molecule has 168 valence electrons. The molecule has 1 aromatic carbocycles. The van der Waals surface area contributed by atoms with Gasteiger partial charge in [-0.2, -0.15) is 0 Å². The molecule has 1 aliphatic rings. The molecule has 1 saturated heterocycles. The van der Waals surface area contributed by atoms with Crippen molar-refractivity contribution in [3.63, 3.8) is 0 Å². The Bertz CT molecular complexity index is 1050. The minimum absolute atomic E-state index is 0.0112. The summed E-state index contributed by atoms with van der Waals surface area (Å²) in [7, 11) is 0. The number of benzene rings is 1. The molecule has 1 aliphatic heterocycles. The highest BCUT2D eigenvalue weighted by Gasteiger charge is 2.21. The number of likely N-dealkylation sites (tertiary alicyclic amines) is 1. The largest absolute Gasteiger partial charge is 0.353 e. The van der Waals surface area contributed by atoms with Crippen molar-refractivity contribution in [3.8, 4) is 0 Å². The lowest BCUT2D eigenvalue weighted by molar-refractivity contribution is -0.122. The molecule has 0 radical (unpaired) electrons. The number of carbonyl (C=O) groups excluding carboxylic acids is 2. The van der Waals surface area contributed by atoms with Crippen LogP contribution in [0.25, 0.3) is 0 Å². The Hall–Kier alpha value is -2.76. The van der Waals surface area contributed by atoms with Gasteiger partial charge in [-0.3, -0.25) is 19.8 Å². The van der Waals surface area contributed by atoms with Gasteiger partial charge in [-0.1, -0.05) is 53.0 Å². The van der Waals surface area contributed by atoms with E-state index in [0.717, 1.165) is 37.5 Å². The van der Waals surface area contributed by atoms with Crippen LogP contribution in [0.5, 0.6) is 0 Å². The average molecular weight is 472 g/mol. The van der Waals surface area contributed by atoms with E-state index in [9.17, 15) is 9.59 Å². The summed E-state index contributed by atoms with van der Waals surface area (Å²) < 4.78 is 0. The normalized spacial score (nSPS) is 14.9. The molecule has 0 spiro atoms. The second-order valence-corrected chi connectivity index (χ2v) is 9.93. The van der Waals surface area contributed by atoms with Crippen LogP contribution in [0.2, 0.25) is 0 Å². The van der Waals surface area contributed by atoms with Gasteiger partial charge in [-0.15, -0.1) is 20.4 Å². The summed E-state index contributed by atoms with van der Waals surface area (Å²) in [6.45, 7) is 4.72. The number of amides is 2. The maximum absolute atomic E-state index is 12.4. The van der Waals surface area contributed by atoms with Crippen molar-refractivity contribution in [2.75, 3.05) is 18.4 Å². The number of hydrogen-bond donors (Lipinski definition) is 2. The smallest absolute Gasteiger partial charge is 0.288 e. The van der Waals surface area contributed by atoms with Crippen molar-refractivity contribution in [2.45, 2.75) is 45.2 Å². The molecule has 0 aliphatic carbocycles. The van der Waals surface area contributed by atoms with E-state index in [0.29, 0.717) is 23.0 Å². The first-order chi connectivity index (χ1) is 15.5. The van der Waals surface area contributed by atoms with E-state index in [1.165, 1.54) is 28.2 Å². The highest BCUT2D eigenvalue weighted by molar-refractivity contribution is 7.15. The van der Waals surface area contributed by atoms with Crippen molar-refractivity contribution in [3.05, 3.63) is 50.9 Å². The first kappa shape index (κ1) is 22.4. The molecule has 0 unspecified atom stereocenters. The monoisotopic (exact) mass is 471 g/mol. The molecule has 11 heteroatoms. The van der Waals surface area contributed by atoms with Gasteiger partial charge in [-0.05, 0) is 25.3 Å². The fourth-order valence-corrected chi connectivity index (χ4v) is 4.86. The zero-order chi connectivity index (χ0) is 22.3. The van der Waals surface area contributed by atoms with Gasteiger partial charge in [0, 0.05) is 38.5 Å². The number of nitrogens with zero attached hydrogens (tertiary/aromatic N) is 5. The number of carbonyl (C=O) groups is 2. The van der Waals surface area contributed by atoms with Crippen LogP contribution in [0, 0.1) is 6.92 Å². The predicted molar refractivity (Wildman–Crippen MR) is 124 cm³/mol. The predicted octanol–water partition coefficient (Wildman–Crippen LogP) is 2.66. The standard InChI is InChI=1S/C21H25N7O2S2/c1-14-24-27-21(31-14)23-19(30)20-26-25-18(32-20)8-7-17(29)22-16-9-11-28(12-10-16)13-15-5-3-2-4-6-15/h2-6,16H,7-13H2,1H3,(H,22,29)(H,23,27,30). The van der Waals surface area contributed by atoms with E-state index in [1.807, 2.05) is 13.0 Å². The Morgan fingerprint density at radius 3 is 2.56 bits per heavy atom. The highest BCUT2D eigenvalue weighted by Crippen LogP contribution is 2.18. The first-order valence-electron chi connectivity index (χ1n) is 10.5. The molecule has 2 amide bonds. The molecule has 0 saturated carbocycles. The second-order valence-electron chi connectivity index (χ2n) is 7.68. The van der Waals surface area contributed by atoms with Crippen molar-refractivity contribution in [1.29, 1.82) is 0 Å². The summed E-state index contributed by atoms with van der Waals surface area (Å²) in [5.74, 6) is -0.353. The maximum atomic E-state index is 12.4. The molecular weight excluding hydrogens is 446 g/mol. The van der Waals surface area contributed by atoms with Crippen LogP contribution in [0.15, 0.2) is 30.3 Å². The SMILES string of the molecule is Cc1nnc(NC(=O)c2nnc(CCC(=O)NC3CCN(Cc4ccccc4)CC3)s2)s1. The molecule has 1 fully saturated rings. The minimum Gasteiger partial charge on any atom is -0.353 e. The minimum atomic E-state index is -0.364. The average Bonchev–Trinajstić information content (AvgIpc) is 3.43. The van der Waals surface area contributed by atoms with Crippen molar-refractivity contribution >= 4 is 39.6 Å². The van der Waals surface area contributed by atoms with Crippen molar-refractivity contribution in [1.82, 2.24) is 30.6 Å². The number of hydrogen-bond acceptors (Lipinski definition) is 9. The van der Waals surface area contributed by atoms with E-state index >= 15 is 0 Å². The van der Waals surface area contributed by atoms with Gasteiger partial charge in [0.05, 0.1) is 0 Å². The highest BCUT2D eigenvalue weighted by atomic mass is 32.1. The third-order valence-electron chi connectivity index (χ3n) is 5.18. The summed E-state index contributed by atoms with van der Waals surface area (Å²) in [5, 5.41) is 23.6. The Kier molecular flexibility index (Phi) is 7.51. The van der Waals surface area contributed by atoms with Gasteiger partial charge in [-0.25, -0.2) is 0 Å². The fourth-order valence-electron chi connectivity index (χ4n) is 3.54. The molecule has 2 aromatic heterocycles. The first-order valence-corrected chi connectivity index (χ1v) is 12.2. The fraction of sp³-hybridized carbons (Fsp3) is 0.429. The molecule has 3 heterocycles. The molecule has 4 rings (SSSR count). The topological polar surface area (TPSA) is 113 Å². The van der Waals surface area contributed by atoms with Crippen LogP contribution in [-0.4, -0.2) is 56.2 Å². The van der Waals surface area contributed by atoms with Gasteiger partial charge >= 0.3 is 0 Å². The van der Waals surface area contributed by atoms with Gasteiger partial charge in [0.2, 0.25) is 16.0 Å². The molecular formula is C21H25N7O2S2. The molecule has 32 heavy (non-hydrogen) atoms. The number of piperidine rings is 1. The Morgan fingerprint density at radius 1 is 1.06 bits per heavy atom. The second kappa shape index (κ2) is 10.7. The molecule has 3 aromatic rings. The third kappa shape index (κ3) is 6.38. The molecule has 9 nitrogen and oxygen atoms in total. The summed E-state index contributed by atoms with van der Waals surface area (Å²) in [6, 6.07) is 10.7. The summed E-state index contributed by atoms with van der Waals surface area (Å²) in [6.07, 6.45) is 2.69. The van der Waals surface area contributed by atoms with Crippen LogP contribution < -0.4 is 10.6 Å². The molecule has 2 N–H and O–H groups in total. The number of aromatic nitrogens is 4. The Labute approximate surface area is 194 Å². The summed E-state index contributed by atoms with van der Waals surface area (Å²) >= 11 is 2.49. The van der Waals surface area contributed by atoms with Crippen molar-refractivity contribution < 1.29 is 9.59 Å². The number of nitrogens with one attached hydrogen (secondary N) is 2. The number of aryl methyl sites for hydroxylation is 2. The van der Waals surface area contributed by atoms with E-state index in [4.69, 9.17) is 0 Å². The van der Waals surface area contributed by atoms with Crippen LogP contribution in [0.4, 0.5) is 5.13 Å². The van der Waals surface area contributed by atoms with Crippen LogP contribution in [0.1, 0.15) is 44.6 Å². The van der Waals surface area contributed by atoms with E-state index < -0.39 is 0 Å². The van der Waals surface area contributed by atoms with Crippen LogP contribution in [-0.2, 0) is 17.8 Å². The van der Waals surface area contributed by atoms with Crippen molar-refractivity contribution in [2.24, 2.45) is 0 Å². The zero-order valence-corrected chi connectivity index (χ0v) is 19.4. The van der Waals surface area contributed by atoms with Gasteiger partial charge in [0.1, 0.15) is 10.0 Å². The lowest BCUT2D eigenvalue weighted by Gasteiger charge is -2.32. The lowest BCUT2D eigenvalue weighted by atomic mass is 10.0. The van der Waals surface area contributed by atoms with E-state index in [-0.39, 0.29) is 22.9 Å². The van der Waals surface area contributed by atoms with Crippen LogP contribution >= 0.6 is 22.7 Å². The maximum Gasteiger partial charge on any atom is 0.288 e. The summed E-state index contributed by atoms with van der Waals surface area (Å²) in [4.78, 5) is 27.0. The van der Waals surface area contributed by atoms with Crippen LogP contribution in [0.3, 0.4) is 0 Å². The third-order valence-corrected chi connectivity index (χ3v) is 6.91. The van der Waals surface area contributed by atoms with Gasteiger partial charge < -0.3 is 5.32 Å². The lowest BCUT2D eigenvalue weighted by Crippen LogP contribution is -2.44. The zero-order valence-electron chi connectivity index (χ0n) is 17.8.